The summed E-state index contributed by atoms with van der Waals surface area (Å²) in [6.45, 7) is 6.73. The summed E-state index contributed by atoms with van der Waals surface area (Å²) in [5, 5.41) is 11.6. The molecule has 10 heteroatoms. The Hall–Kier alpha value is -2.20. The lowest BCUT2D eigenvalue weighted by molar-refractivity contribution is -0.383. The fraction of sp³-hybridized carbons (Fsp3) is 0.467. The molecule has 1 aromatic carbocycles. The second kappa shape index (κ2) is 6.60. The SMILES string of the molecule is COC(=O)[C@@H](OC(C)(C)C)c1c(C)c([N+](=O)[O-])c2[nH]c(=O)[nH]c2c1Br. The second-order valence-electron chi connectivity index (χ2n) is 6.42. The van der Waals surface area contributed by atoms with Crippen LogP contribution < -0.4 is 5.69 Å². The molecule has 0 spiro atoms. The van der Waals surface area contributed by atoms with Crippen LogP contribution in [0.25, 0.3) is 11.0 Å². The van der Waals surface area contributed by atoms with Crippen LogP contribution in [0.15, 0.2) is 9.27 Å². The van der Waals surface area contributed by atoms with E-state index in [1.807, 2.05) is 0 Å². The van der Waals surface area contributed by atoms with Gasteiger partial charge in [-0.15, -0.1) is 0 Å². The number of imidazole rings is 1. The Bertz CT molecular complexity index is 909. The van der Waals surface area contributed by atoms with E-state index < -0.39 is 28.3 Å². The molecule has 0 aliphatic rings. The van der Waals surface area contributed by atoms with Gasteiger partial charge in [0.05, 0.1) is 27.6 Å². The van der Waals surface area contributed by atoms with Gasteiger partial charge in [0.25, 0.3) is 5.69 Å². The lowest BCUT2D eigenvalue weighted by Gasteiger charge is -2.27. The Balaban J connectivity index is 2.88. The van der Waals surface area contributed by atoms with Gasteiger partial charge in [0.2, 0.25) is 0 Å². The van der Waals surface area contributed by atoms with E-state index in [2.05, 4.69) is 25.9 Å². The Morgan fingerprint density at radius 2 is 1.84 bits per heavy atom. The molecule has 0 unspecified atom stereocenters. The maximum absolute atomic E-state index is 12.3. The van der Waals surface area contributed by atoms with Gasteiger partial charge in [0.15, 0.2) is 6.10 Å². The van der Waals surface area contributed by atoms with Gasteiger partial charge in [-0.05, 0) is 43.6 Å². The second-order valence-corrected chi connectivity index (χ2v) is 7.21. The molecule has 2 aromatic rings. The van der Waals surface area contributed by atoms with E-state index in [1.54, 1.807) is 20.8 Å². The average Bonchev–Trinajstić information content (AvgIpc) is 2.85. The molecule has 1 atom stereocenters. The maximum Gasteiger partial charge on any atom is 0.339 e. The standard InChI is InChI=1S/C15H18BrN3O6/c1-6-7(12(13(20)24-5)25-15(2,3)4)8(16)9-10(11(6)19(22)23)18-14(21)17-9/h12H,1-5H3,(H2,17,18,21)/t12-/m0/s1. The lowest BCUT2D eigenvalue weighted by atomic mass is 9.99. The molecule has 0 radical (unpaired) electrons. The summed E-state index contributed by atoms with van der Waals surface area (Å²) in [6, 6.07) is 0. The fourth-order valence-electron chi connectivity index (χ4n) is 2.57. The Morgan fingerprint density at radius 3 is 2.32 bits per heavy atom. The Kier molecular flexibility index (Phi) is 5.05. The molecule has 2 rings (SSSR count). The zero-order valence-electron chi connectivity index (χ0n) is 14.4. The number of carbonyl (C=O) groups excluding carboxylic acids is 1. The summed E-state index contributed by atoms with van der Waals surface area (Å²) in [6.07, 6.45) is -1.21. The third-order valence-electron chi connectivity index (χ3n) is 3.51. The van der Waals surface area contributed by atoms with Gasteiger partial charge in [-0.1, -0.05) is 0 Å². The monoisotopic (exact) mass is 415 g/mol. The molecule has 1 heterocycles. The predicted octanol–water partition coefficient (Wildman–Crippen LogP) is 2.86. The number of nitrogens with one attached hydrogen (secondary N) is 2. The van der Waals surface area contributed by atoms with Crippen molar-refractivity contribution >= 4 is 38.6 Å². The van der Waals surface area contributed by atoms with Crippen LogP contribution >= 0.6 is 15.9 Å². The molecule has 0 aliphatic heterocycles. The van der Waals surface area contributed by atoms with E-state index in [1.165, 1.54) is 14.0 Å². The number of esters is 1. The van der Waals surface area contributed by atoms with E-state index in [0.717, 1.165) is 0 Å². The van der Waals surface area contributed by atoms with Gasteiger partial charge in [-0.25, -0.2) is 9.59 Å². The van der Waals surface area contributed by atoms with E-state index >= 15 is 0 Å². The van der Waals surface area contributed by atoms with Crippen molar-refractivity contribution in [2.45, 2.75) is 39.4 Å². The summed E-state index contributed by atoms with van der Waals surface area (Å²) in [7, 11) is 1.20. The summed E-state index contributed by atoms with van der Waals surface area (Å²) >= 11 is 3.33. The van der Waals surface area contributed by atoms with Crippen LogP contribution in [0.4, 0.5) is 5.69 Å². The minimum atomic E-state index is -1.21. The molecule has 9 nitrogen and oxygen atoms in total. The number of aromatic nitrogens is 2. The largest absolute Gasteiger partial charge is 0.467 e. The molecular weight excluding hydrogens is 398 g/mol. The van der Waals surface area contributed by atoms with Crippen molar-refractivity contribution in [1.82, 2.24) is 9.97 Å². The molecule has 0 aliphatic carbocycles. The van der Waals surface area contributed by atoms with Crippen molar-refractivity contribution in [3.8, 4) is 0 Å². The molecule has 0 fully saturated rings. The molecule has 0 saturated heterocycles. The smallest absolute Gasteiger partial charge is 0.339 e. The van der Waals surface area contributed by atoms with Crippen molar-refractivity contribution < 1.29 is 19.2 Å². The number of halogens is 1. The first-order valence-electron chi connectivity index (χ1n) is 7.32. The summed E-state index contributed by atoms with van der Waals surface area (Å²) in [4.78, 5) is 39.8. The molecule has 25 heavy (non-hydrogen) atoms. The lowest BCUT2D eigenvalue weighted by Crippen LogP contribution is -2.29. The first-order chi connectivity index (χ1) is 11.5. The number of nitro groups is 1. The number of H-pyrrole nitrogens is 2. The van der Waals surface area contributed by atoms with Crippen LogP contribution in [-0.4, -0.2) is 33.6 Å². The summed E-state index contributed by atoms with van der Waals surface area (Å²) < 4.78 is 10.9. The maximum atomic E-state index is 12.3. The molecular formula is C15H18BrN3O6. The number of carbonyl (C=O) groups is 1. The highest BCUT2D eigenvalue weighted by molar-refractivity contribution is 9.10. The third-order valence-corrected chi connectivity index (χ3v) is 4.33. The number of fused-ring (bicyclic) bond motifs is 1. The topological polar surface area (TPSA) is 127 Å². The van der Waals surface area contributed by atoms with Crippen LogP contribution in [0.1, 0.15) is 38.0 Å². The van der Waals surface area contributed by atoms with Crippen LogP contribution in [0.2, 0.25) is 0 Å². The summed E-state index contributed by atoms with van der Waals surface area (Å²) in [5.41, 5.74) is -0.971. The minimum absolute atomic E-state index is 0.0440. The molecule has 136 valence electrons. The average molecular weight is 416 g/mol. The number of hydrogen-bond donors (Lipinski definition) is 2. The third kappa shape index (κ3) is 3.59. The number of hydrogen-bond acceptors (Lipinski definition) is 6. The number of rotatable bonds is 4. The Labute approximate surface area is 151 Å². The van der Waals surface area contributed by atoms with Gasteiger partial charge in [-0.2, -0.15) is 0 Å². The zero-order chi connectivity index (χ0) is 19.1. The van der Waals surface area contributed by atoms with E-state index in [-0.39, 0.29) is 27.8 Å². The quantitative estimate of drug-likeness (QED) is 0.448. The van der Waals surface area contributed by atoms with Crippen molar-refractivity contribution in [2.75, 3.05) is 7.11 Å². The number of nitrogens with zero attached hydrogens (tertiary/aromatic N) is 1. The fourth-order valence-corrected chi connectivity index (χ4v) is 3.37. The van der Waals surface area contributed by atoms with Crippen LogP contribution in [0, 0.1) is 17.0 Å². The first-order valence-corrected chi connectivity index (χ1v) is 8.11. The van der Waals surface area contributed by atoms with Gasteiger partial charge < -0.3 is 14.5 Å². The van der Waals surface area contributed by atoms with Crippen molar-refractivity contribution in [3.05, 3.63) is 36.2 Å². The molecule has 0 saturated carbocycles. The zero-order valence-corrected chi connectivity index (χ0v) is 15.9. The number of methoxy groups -OCH3 is 1. The highest BCUT2D eigenvalue weighted by Crippen LogP contribution is 2.41. The first kappa shape index (κ1) is 19.1. The molecule has 0 amide bonds. The van der Waals surface area contributed by atoms with Gasteiger partial charge in [0, 0.05) is 11.1 Å². The van der Waals surface area contributed by atoms with E-state index in [0.29, 0.717) is 4.47 Å². The predicted molar refractivity (Wildman–Crippen MR) is 93.6 cm³/mol. The number of benzene rings is 1. The summed E-state index contributed by atoms with van der Waals surface area (Å²) in [5.74, 6) is -0.703. The van der Waals surface area contributed by atoms with Gasteiger partial charge in [0.1, 0.15) is 5.52 Å². The highest BCUT2D eigenvalue weighted by Gasteiger charge is 2.36. The van der Waals surface area contributed by atoms with Crippen molar-refractivity contribution in [2.24, 2.45) is 0 Å². The van der Waals surface area contributed by atoms with Crippen LogP contribution in [0.5, 0.6) is 0 Å². The highest BCUT2D eigenvalue weighted by atomic mass is 79.9. The van der Waals surface area contributed by atoms with Crippen molar-refractivity contribution in [3.63, 3.8) is 0 Å². The number of aromatic amines is 2. The van der Waals surface area contributed by atoms with Crippen LogP contribution in [0.3, 0.4) is 0 Å². The Morgan fingerprint density at radius 1 is 1.28 bits per heavy atom. The van der Waals surface area contributed by atoms with E-state index in [9.17, 15) is 19.7 Å². The van der Waals surface area contributed by atoms with Gasteiger partial charge in [-0.3, -0.25) is 15.1 Å². The molecule has 0 bridgehead atoms. The van der Waals surface area contributed by atoms with Gasteiger partial charge >= 0.3 is 11.7 Å². The number of nitro benzene ring substituents is 1. The van der Waals surface area contributed by atoms with Crippen LogP contribution in [-0.2, 0) is 14.3 Å². The number of ether oxygens (including phenoxy) is 2. The van der Waals surface area contributed by atoms with Crippen molar-refractivity contribution in [1.29, 1.82) is 0 Å². The molecule has 1 aromatic heterocycles. The normalized spacial score (nSPS) is 13.0. The minimum Gasteiger partial charge on any atom is -0.467 e. The molecule has 2 N–H and O–H groups in total. The van der Waals surface area contributed by atoms with E-state index in [4.69, 9.17) is 9.47 Å².